The molecule has 5 nitrogen and oxygen atoms in total. The van der Waals surface area contributed by atoms with Crippen molar-refractivity contribution < 1.29 is 19.1 Å². The molecule has 0 spiro atoms. The van der Waals surface area contributed by atoms with Crippen molar-refractivity contribution in [2.24, 2.45) is 11.8 Å². The van der Waals surface area contributed by atoms with E-state index in [9.17, 15) is 9.59 Å². The van der Waals surface area contributed by atoms with Gasteiger partial charge in [-0.15, -0.1) is 0 Å². The number of hydrogen-bond donors (Lipinski definition) is 2. The predicted octanol–water partition coefficient (Wildman–Crippen LogP) is 3.10. The summed E-state index contributed by atoms with van der Waals surface area (Å²) >= 11 is 0. The summed E-state index contributed by atoms with van der Waals surface area (Å²) in [6, 6.07) is 5.46. The van der Waals surface area contributed by atoms with Gasteiger partial charge in [0.15, 0.2) is 0 Å². The number of carboxylic acids is 1. The number of rotatable bonds is 3. The predicted molar refractivity (Wildman–Crippen MR) is 78.2 cm³/mol. The molecular weight excluding hydrogens is 270 g/mol. The maximum atomic E-state index is 12.1. The summed E-state index contributed by atoms with van der Waals surface area (Å²) in [6.07, 6.45) is 1.21. The van der Waals surface area contributed by atoms with Crippen molar-refractivity contribution >= 4 is 28.5 Å². The van der Waals surface area contributed by atoms with E-state index in [1.165, 1.54) is 0 Å². The number of carbonyl (C=O) groups excluding carboxylic acids is 1. The minimum absolute atomic E-state index is 0.217. The number of anilines is 1. The molecule has 2 atom stereocenters. The van der Waals surface area contributed by atoms with Gasteiger partial charge in [0.1, 0.15) is 11.3 Å². The molecule has 0 bridgehead atoms. The van der Waals surface area contributed by atoms with Crippen LogP contribution >= 0.6 is 0 Å². The highest BCUT2D eigenvalue weighted by molar-refractivity contribution is 5.98. The Balaban J connectivity index is 1.80. The Kier molecular flexibility index (Phi) is 3.20. The van der Waals surface area contributed by atoms with Crippen molar-refractivity contribution in [3.63, 3.8) is 0 Å². The van der Waals surface area contributed by atoms with Crippen molar-refractivity contribution in [2.75, 3.05) is 5.32 Å². The van der Waals surface area contributed by atoms with Gasteiger partial charge in [0.05, 0.1) is 11.8 Å². The van der Waals surface area contributed by atoms with Crippen LogP contribution in [0, 0.1) is 25.7 Å². The van der Waals surface area contributed by atoms with Gasteiger partial charge in [-0.05, 0) is 50.5 Å². The van der Waals surface area contributed by atoms with Gasteiger partial charge in [0, 0.05) is 11.1 Å². The SMILES string of the molecule is Cc1oc2ccc(NC(=O)C3CCC3C(=O)O)cc2c1C. The highest BCUT2D eigenvalue weighted by Gasteiger charge is 2.41. The second kappa shape index (κ2) is 4.91. The maximum Gasteiger partial charge on any atom is 0.307 e. The van der Waals surface area contributed by atoms with E-state index in [2.05, 4.69) is 5.32 Å². The molecule has 1 aromatic heterocycles. The zero-order chi connectivity index (χ0) is 15.1. The molecule has 1 aliphatic carbocycles. The lowest BCUT2D eigenvalue weighted by molar-refractivity contribution is -0.151. The van der Waals surface area contributed by atoms with Gasteiger partial charge in [0.2, 0.25) is 5.91 Å². The first-order chi connectivity index (χ1) is 9.97. The molecule has 0 aliphatic heterocycles. The van der Waals surface area contributed by atoms with Crippen molar-refractivity contribution in [2.45, 2.75) is 26.7 Å². The molecule has 3 rings (SSSR count). The fourth-order valence-corrected chi connectivity index (χ4v) is 2.77. The summed E-state index contributed by atoms with van der Waals surface area (Å²) in [4.78, 5) is 23.1. The van der Waals surface area contributed by atoms with Crippen molar-refractivity contribution in [1.29, 1.82) is 0 Å². The zero-order valence-electron chi connectivity index (χ0n) is 12.0. The van der Waals surface area contributed by atoms with E-state index in [0.29, 0.717) is 18.5 Å². The van der Waals surface area contributed by atoms with Crippen LogP contribution in [0.25, 0.3) is 11.0 Å². The molecular formula is C16H17NO4. The average molecular weight is 287 g/mol. The Labute approximate surface area is 121 Å². The molecule has 1 amide bonds. The first-order valence-corrected chi connectivity index (χ1v) is 7.01. The number of aryl methyl sites for hydroxylation is 2. The van der Waals surface area contributed by atoms with E-state index in [-0.39, 0.29) is 5.91 Å². The largest absolute Gasteiger partial charge is 0.481 e. The molecule has 1 aliphatic rings. The summed E-state index contributed by atoms with van der Waals surface area (Å²) in [7, 11) is 0. The van der Waals surface area contributed by atoms with Crippen LogP contribution in [0.15, 0.2) is 22.6 Å². The molecule has 1 aromatic carbocycles. The molecule has 21 heavy (non-hydrogen) atoms. The molecule has 1 heterocycles. The number of aliphatic carboxylic acids is 1. The number of carboxylic acid groups (broad SMARTS) is 1. The number of nitrogens with one attached hydrogen (secondary N) is 1. The molecule has 2 aromatic rings. The maximum absolute atomic E-state index is 12.1. The summed E-state index contributed by atoms with van der Waals surface area (Å²) in [6.45, 7) is 3.87. The number of fused-ring (bicyclic) bond motifs is 1. The topological polar surface area (TPSA) is 79.5 Å². The summed E-state index contributed by atoms with van der Waals surface area (Å²) < 4.78 is 5.60. The Bertz CT molecular complexity index is 731. The molecule has 0 radical (unpaired) electrons. The van der Waals surface area contributed by atoms with Crippen LogP contribution in [0.4, 0.5) is 5.69 Å². The highest BCUT2D eigenvalue weighted by atomic mass is 16.4. The Hall–Kier alpha value is -2.30. The molecule has 1 fully saturated rings. The van der Waals surface area contributed by atoms with E-state index in [1.807, 2.05) is 26.0 Å². The Morgan fingerprint density at radius 2 is 1.95 bits per heavy atom. The van der Waals surface area contributed by atoms with Crippen LogP contribution in [-0.2, 0) is 9.59 Å². The van der Waals surface area contributed by atoms with Crippen molar-refractivity contribution in [3.05, 3.63) is 29.5 Å². The molecule has 2 unspecified atom stereocenters. The van der Waals surface area contributed by atoms with E-state index in [1.54, 1.807) is 6.07 Å². The van der Waals surface area contributed by atoms with Crippen molar-refractivity contribution in [1.82, 2.24) is 0 Å². The number of carbonyl (C=O) groups is 2. The molecule has 2 N–H and O–H groups in total. The van der Waals surface area contributed by atoms with Gasteiger partial charge in [-0.25, -0.2) is 0 Å². The summed E-state index contributed by atoms with van der Waals surface area (Å²) in [5, 5.41) is 12.8. The number of hydrogen-bond acceptors (Lipinski definition) is 3. The van der Waals surface area contributed by atoms with Gasteiger partial charge in [-0.2, -0.15) is 0 Å². The second-order valence-electron chi connectivity index (χ2n) is 5.61. The zero-order valence-corrected chi connectivity index (χ0v) is 12.0. The smallest absolute Gasteiger partial charge is 0.307 e. The molecule has 5 heteroatoms. The first-order valence-electron chi connectivity index (χ1n) is 7.01. The second-order valence-corrected chi connectivity index (χ2v) is 5.61. The van der Waals surface area contributed by atoms with Gasteiger partial charge in [0.25, 0.3) is 0 Å². The van der Waals surface area contributed by atoms with Crippen LogP contribution in [-0.4, -0.2) is 17.0 Å². The normalized spacial score (nSPS) is 21.0. The average Bonchev–Trinajstić information content (AvgIpc) is 2.63. The van der Waals surface area contributed by atoms with Crippen LogP contribution < -0.4 is 5.32 Å². The fraction of sp³-hybridized carbons (Fsp3) is 0.375. The minimum atomic E-state index is -0.891. The number of furan rings is 1. The van der Waals surface area contributed by atoms with Crippen LogP contribution in [0.3, 0.4) is 0 Å². The summed E-state index contributed by atoms with van der Waals surface area (Å²) in [5.74, 6) is -1.22. The van der Waals surface area contributed by atoms with E-state index in [4.69, 9.17) is 9.52 Å². The third-order valence-electron chi connectivity index (χ3n) is 4.37. The van der Waals surface area contributed by atoms with Gasteiger partial charge in [-0.1, -0.05) is 0 Å². The number of amides is 1. The van der Waals surface area contributed by atoms with Gasteiger partial charge < -0.3 is 14.8 Å². The Morgan fingerprint density at radius 1 is 1.24 bits per heavy atom. The Morgan fingerprint density at radius 3 is 2.57 bits per heavy atom. The first kappa shape index (κ1) is 13.7. The van der Waals surface area contributed by atoms with Crippen LogP contribution in [0.1, 0.15) is 24.2 Å². The fourth-order valence-electron chi connectivity index (χ4n) is 2.77. The third kappa shape index (κ3) is 2.28. The molecule has 0 saturated heterocycles. The molecule has 110 valence electrons. The van der Waals surface area contributed by atoms with Crippen molar-refractivity contribution in [3.8, 4) is 0 Å². The summed E-state index contributed by atoms with van der Waals surface area (Å²) in [5.41, 5.74) is 2.51. The quantitative estimate of drug-likeness (QED) is 0.909. The monoisotopic (exact) mass is 287 g/mol. The van der Waals surface area contributed by atoms with E-state index in [0.717, 1.165) is 22.3 Å². The van der Waals surface area contributed by atoms with E-state index >= 15 is 0 Å². The third-order valence-corrected chi connectivity index (χ3v) is 4.37. The number of benzene rings is 1. The van der Waals surface area contributed by atoms with Gasteiger partial charge in [-0.3, -0.25) is 9.59 Å². The lowest BCUT2D eigenvalue weighted by atomic mass is 9.73. The van der Waals surface area contributed by atoms with Gasteiger partial charge >= 0.3 is 5.97 Å². The lowest BCUT2D eigenvalue weighted by Gasteiger charge is -2.31. The lowest BCUT2D eigenvalue weighted by Crippen LogP contribution is -2.41. The van der Waals surface area contributed by atoms with E-state index < -0.39 is 17.8 Å². The van der Waals surface area contributed by atoms with Crippen LogP contribution in [0.2, 0.25) is 0 Å². The minimum Gasteiger partial charge on any atom is -0.481 e. The molecule has 1 saturated carbocycles. The standard InChI is InChI=1S/C16H17NO4/c1-8-9(2)21-14-6-3-10(7-13(8)14)17-15(18)11-4-5-12(11)16(19)20/h3,6-7,11-12H,4-5H2,1-2H3,(H,17,18)(H,19,20). The van der Waals surface area contributed by atoms with Crippen LogP contribution in [0.5, 0.6) is 0 Å². The highest BCUT2D eigenvalue weighted by Crippen LogP contribution is 2.35.